The zero-order chi connectivity index (χ0) is 12.4. The number of hydrogen-bond donors (Lipinski definition) is 0. The molecule has 1 heterocycles. The van der Waals surface area contributed by atoms with Crippen LogP contribution in [0.2, 0.25) is 0 Å². The molecule has 0 bridgehead atoms. The molecule has 1 aromatic heterocycles. The van der Waals surface area contributed by atoms with Crippen LogP contribution >= 0.6 is 0 Å². The van der Waals surface area contributed by atoms with E-state index < -0.39 is 19.7 Å². The standard InChI is InChI=1S/C9H9NO4S2/c1-3-15(11,12)8-6-5-7-9(10-8)16(13,14)4-2/h3-7H,1-2H2. The van der Waals surface area contributed by atoms with Crippen LogP contribution in [0.3, 0.4) is 0 Å². The lowest BCUT2D eigenvalue weighted by molar-refractivity contribution is 0.594. The van der Waals surface area contributed by atoms with Gasteiger partial charge in [-0.3, -0.25) is 0 Å². The normalized spacial score (nSPS) is 12.0. The van der Waals surface area contributed by atoms with Gasteiger partial charge in [-0.2, -0.15) is 0 Å². The van der Waals surface area contributed by atoms with Gasteiger partial charge in [-0.15, -0.1) is 0 Å². The molecule has 16 heavy (non-hydrogen) atoms. The molecule has 0 fully saturated rings. The fourth-order valence-electron chi connectivity index (χ4n) is 0.884. The van der Waals surface area contributed by atoms with Crippen molar-refractivity contribution in [2.75, 3.05) is 0 Å². The Morgan fingerprint density at radius 3 is 1.62 bits per heavy atom. The van der Waals surface area contributed by atoms with Crippen LogP contribution in [0.1, 0.15) is 0 Å². The largest absolute Gasteiger partial charge is 0.224 e. The van der Waals surface area contributed by atoms with Crippen molar-refractivity contribution in [3.63, 3.8) is 0 Å². The maximum atomic E-state index is 11.4. The summed E-state index contributed by atoms with van der Waals surface area (Å²) in [4.78, 5) is 3.54. The second kappa shape index (κ2) is 4.18. The molecule has 0 aliphatic carbocycles. The first kappa shape index (κ1) is 12.6. The molecule has 1 aromatic rings. The topological polar surface area (TPSA) is 81.2 Å². The molecular weight excluding hydrogens is 250 g/mol. The van der Waals surface area contributed by atoms with Crippen molar-refractivity contribution in [3.8, 4) is 0 Å². The number of hydrogen-bond acceptors (Lipinski definition) is 5. The molecule has 0 saturated carbocycles. The zero-order valence-electron chi connectivity index (χ0n) is 8.20. The molecule has 0 aliphatic heterocycles. The number of rotatable bonds is 4. The van der Waals surface area contributed by atoms with E-state index in [1.54, 1.807) is 0 Å². The molecular formula is C9H9NO4S2. The highest BCUT2D eigenvalue weighted by Gasteiger charge is 2.16. The highest BCUT2D eigenvalue weighted by atomic mass is 32.2. The van der Waals surface area contributed by atoms with Gasteiger partial charge in [0.15, 0.2) is 10.1 Å². The quantitative estimate of drug-likeness (QED) is 0.803. The maximum Gasteiger partial charge on any atom is 0.216 e. The summed E-state index contributed by atoms with van der Waals surface area (Å²) in [5.74, 6) is 0. The van der Waals surface area contributed by atoms with Crippen LogP contribution in [0.25, 0.3) is 0 Å². The molecule has 0 aliphatic rings. The predicted octanol–water partition coefficient (Wildman–Crippen LogP) is 0.916. The summed E-state index contributed by atoms with van der Waals surface area (Å²) >= 11 is 0. The molecule has 7 heteroatoms. The van der Waals surface area contributed by atoms with Gasteiger partial charge in [0.2, 0.25) is 19.7 Å². The number of nitrogens with zero attached hydrogens (tertiary/aromatic N) is 1. The van der Waals surface area contributed by atoms with Gasteiger partial charge < -0.3 is 0 Å². The van der Waals surface area contributed by atoms with Gasteiger partial charge in [0.05, 0.1) is 0 Å². The number of pyridine rings is 1. The monoisotopic (exact) mass is 259 g/mol. The average molecular weight is 259 g/mol. The minimum Gasteiger partial charge on any atom is -0.224 e. The first-order valence-electron chi connectivity index (χ1n) is 4.05. The van der Waals surface area contributed by atoms with Crippen molar-refractivity contribution in [1.29, 1.82) is 0 Å². The Labute approximate surface area is 94.0 Å². The molecule has 0 saturated heterocycles. The summed E-state index contributed by atoms with van der Waals surface area (Å²) in [6, 6.07) is 3.68. The van der Waals surface area contributed by atoms with Crippen LogP contribution in [0.4, 0.5) is 0 Å². The molecule has 0 aromatic carbocycles. The van der Waals surface area contributed by atoms with Crippen molar-refractivity contribution in [1.82, 2.24) is 4.98 Å². The van der Waals surface area contributed by atoms with Gasteiger partial charge in [-0.05, 0) is 12.1 Å². The zero-order valence-corrected chi connectivity index (χ0v) is 9.83. The minimum absolute atomic E-state index is 0.356. The van der Waals surface area contributed by atoms with Crippen LogP contribution < -0.4 is 0 Å². The fraction of sp³-hybridized carbons (Fsp3) is 0. The van der Waals surface area contributed by atoms with Gasteiger partial charge >= 0.3 is 0 Å². The van der Waals surface area contributed by atoms with Crippen LogP contribution in [-0.4, -0.2) is 21.8 Å². The summed E-state index contributed by atoms with van der Waals surface area (Å²) in [5, 5.41) is 0.704. The second-order valence-corrected chi connectivity index (χ2v) is 6.42. The molecule has 0 amide bonds. The third kappa shape index (κ3) is 2.37. The van der Waals surface area contributed by atoms with E-state index in [-0.39, 0.29) is 10.1 Å². The first-order valence-corrected chi connectivity index (χ1v) is 7.15. The van der Waals surface area contributed by atoms with Gasteiger partial charge in [-0.25, -0.2) is 21.8 Å². The molecule has 86 valence electrons. The van der Waals surface area contributed by atoms with E-state index in [0.29, 0.717) is 10.8 Å². The lowest BCUT2D eigenvalue weighted by Gasteiger charge is -2.01. The maximum absolute atomic E-state index is 11.4. The first-order chi connectivity index (χ1) is 7.33. The molecule has 0 unspecified atom stereocenters. The summed E-state index contributed by atoms with van der Waals surface area (Å²) in [5.41, 5.74) is 0. The number of aromatic nitrogens is 1. The Morgan fingerprint density at radius 1 is 0.938 bits per heavy atom. The highest BCUT2D eigenvalue weighted by Crippen LogP contribution is 2.14. The van der Waals surface area contributed by atoms with Crippen LogP contribution in [0.5, 0.6) is 0 Å². The molecule has 1 rings (SSSR count). The third-order valence-electron chi connectivity index (χ3n) is 1.72. The summed E-state index contributed by atoms with van der Waals surface area (Å²) in [6.07, 6.45) is 0. The van der Waals surface area contributed by atoms with E-state index in [0.717, 1.165) is 0 Å². The lowest BCUT2D eigenvalue weighted by atomic mass is 10.5. The van der Waals surface area contributed by atoms with Gasteiger partial charge in [0, 0.05) is 10.8 Å². The Kier molecular flexibility index (Phi) is 3.30. The fourth-order valence-corrected chi connectivity index (χ4v) is 2.27. The Balaban J connectivity index is 3.48. The summed E-state index contributed by atoms with van der Waals surface area (Å²) < 4.78 is 45.5. The van der Waals surface area contributed by atoms with Crippen LogP contribution in [-0.2, 0) is 19.7 Å². The average Bonchev–Trinajstić information content (AvgIpc) is 2.29. The van der Waals surface area contributed by atoms with E-state index in [9.17, 15) is 16.8 Å². The van der Waals surface area contributed by atoms with E-state index in [1.807, 2.05) is 0 Å². The molecule has 0 N–H and O–H groups in total. The van der Waals surface area contributed by atoms with Gasteiger partial charge in [0.1, 0.15) is 0 Å². The van der Waals surface area contributed by atoms with Crippen molar-refractivity contribution in [2.45, 2.75) is 10.1 Å². The van der Waals surface area contributed by atoms with Crippen molar-refractivity contribution >= 4 is 19.7 Å². The third-order valence-corrected chi connectivity index (χ3v) is 4.22. The Morgan fingerprint density at radius 2 is 1.31 bits per heavy atom. The van der Waals surface area contributed by atoms with Crippen molar-refractivity contribution < 1.29 is 16.8 Å². The van der Waals surface area contributed by atoms with Crippen molar-refractivity contribution in [3.05, 3.63) is 42.2 Å². The molecule has 0 spiro atoms. The lowest BCUT2D eigenvalue weighted by Crippen LogP contribution is -2.05. The van der Waals surface area contributed by atoms with Gasteiger partial charge in [-0.1, -0.05) is 19.2 Å². The minimum atomic E-state index is -3.74. The predicted molar refractivity (Wildman–Crippen MR) is 59.0 cm³/mol. The van der Waals surface area contributed by atoms with E-state index >= 15 is 0 Å². The van der Waals surface area contributed by atoms with Crippen LogP contribution in [0.15, 0.2) is 52.2 Å². The van der Waals surface area contributed by atoms with Crippen LogP contribution in [0, 0.1) is 0 Å². The summed E-state index contributed by atoms with van der Waals surface area (Å²) in [6.45, 7) is 6.25. The molecule has 0 atom stereocenters. The molecule has 5 nitrogen and oxygen atoms in total. The smallest absolute Gasteiger partial charge is 0.216 e. The van der Waals surface area contributed by atoms with Gasteiger partial charge in [0.25, 0.3) is 0 Å². The van der Waals surface area contributed by atoms with E-state index in [4.69, 9.17) is 0 Å². The SMILES string of the molecule is C=CS(=O)(=O)c1cccc(S(=O)(=O)C=C)n1. The molecule has 0 radical (unpaired) electrons. The van der Waals surface area contributed by atoms with E-state index in [1.165, 1.54) is 18.2 Å². The number of sulfone groups is 2. The Bertz CT molecular complexity index is 576. The van der Waals surface area contributed by atoms with Crippen molar-refractivity contribution in [2.24, 2.45) is 0 Å². The Hall–Kier alpha value is -1.47. The highest BCUT2D eigenvalue weighted by molar-refractivity contribution is 7.94. The van der Waals surface area contributed by atoms with E-state index in [2.05, 4.69) is 18.1 Å². The second-order valence-electron chi connectivity index (χ2n) is 2.74. The summed E-state index contributed by atoms with van der Waals surface area (Å²) in [7, 11) is -7.47.